The smallest absolute Gasteiger partial charge is 0.261 e. The van der Waals surface area contributed by atoms with Gasteiger partial charge in [0.05, 0.1) is 0 Å². The highest BCUT2D eigenvalue weighted by molar-refractivity contribution is 6.06. The second kappa shape index (κ2) is 6.07. The number of aromatic amines is 1. The van der Waals surface area contributed by atoms with E-state index in [0.717, 1.165) is 11.1 Å². The van der Waals surface area contributed by atoms with E-state index >= 15 is 0 Å². The first-order valence-electron chi connectivity index (χ1n) is 8.02. The van der Waals surface area contributed by atoms with Crippen LogP contribution in [0.25, 0.3) is 0 Å². The molecule has 1 aliphatic rings. The summed E-state index contributed by atoms with van der Waals surface area (Å²) in [6, 6.07) is 7.11. The van der Waals surface area contributed by atoms with Gasteiger partial charge in [-0.05, 0) is 55.5 Å². The Kier molecular flexibility index (Phi) is 4.09. The van der Waals surface area contributed by atoms with Crippen molar-refractivity contribution in [2.24, 2.45) is 5.92 Å². The minimum atomic E-state index is -0.504. The molecule has 2 aromatic rings. The molecule has 1 aliphatic carbocycles. The van der Waals surface area contributed by atoms with Crippen molar-refractivity contribution in [3.8, 4) is 0 Å². The lowest BCUT2D eigenvalue weighted by Gasteiger charge is -2.20. The normalized spacial score (nSPS) is 16.6. The van der Waals surface area contributed by atoms with Gasteiger partial charge in [0, 0.05) is 23.4 Å². The molecule has 2 N–H and O–H groups in total. The van der Waals surface area contributed by atoms with E-state index in [4.69, 9.17) is 0 Å². The van der Waals surface area contributed by atoms with E-state index in [1.165, 1.54) is 6.07 Å². The lowest BCUT2D eigenvalue weighted by atomic mass is 9.86. The van der Waals surface area contributed by atoms with Crippen LogP contribution in [-0.2, 0) is 6.42 Å². The van der Waals surface area contributed by atoms with Crippen LogP contribution in [0.4, 0.5) is 5.69 Å². The van der Waals surface area contributed by atoms with Crippen molar-refractivity contribution >= 4 is 17.4 Å². The van der Waals surface area contributed by atoms with E-state index in [9.17, 15) is 14.4 Å². The van der Waals surface area contributed by atoms with Gasteiger partial charge in [-0.15, -0.1) is 0 Å². The van der Waals surface area contributed by atoms with Crippen molar-refractivity contribution in [3.05, 3.63) is 62.6 Å². The molecule has 0 unspecified atom stereocenters. The number of carbonyl (C=O) groups is 2. The van der Waals surface area contributed by atoms with Gasteiger partial charge in [-0.3, -0.25) is 14.4 Å². The zero-order valence-electron chi connectivity index (χ0n) is 14.0. The summed E-state index contributed by atoms with van der Waals surface area (Å²) in [6.07, 6.45) is 1.09. The van der Waals surface area contributed by atoms with Gasteiger partial charge in [-0.2, -0.15) is 0 Å². The third-order valence-electron chi connectivity index (χ3n) is 4.23. The number of Topliss-reactive ketones (excluding diaryl/α,β-unsaturated/α-hetero) is 1. The van der Waals surface area contributed by atoms with Gasteiger partial charge < -0.3 is 10.3 Å². The molecule has 0 aliphatic heterocycles. The third-order valence-corrected chi connectivity index (χ3v) is 4.23. The topological polar surface area (TPSA) is 79.0 Å². The number of aromatic nitrogens is 1. The van der Waals surface area contributed by atoms with Gasteiger partial charge in [-0.1, -0.05) is 13.0 Å². The summed E-state index contributed by atoms with van der Waals surface area (Å²) in [5, 5.41) is 2.74. The Morgan fingerprint density at radius 1 is 1.08 bits per heavy atom. The van der Waals surface area contributed by atoms with E-state index in [1.807, 2.05) is 39.0 Å². The molecule has 0 bridgehead atoms. The molecule has 0 spiro atoms. The van der Waals surface area contributed by atoms with Crippen molar-refractivity contribution in [2.75, 3.05) is 5.32 Å². The highest BCUT2D eigenvalue weighted by atomic mass is 16.2. The van der Waals surface area contributed by atoms with Crippen LogP contribution in [0.3, 0.4) is 0 Å². The first-order chi connectivity index (χ1) is 11.3. The average Bonchev–Trinajstić information content (AvgIpc) is 2.44. The van der Waals surface area contributed by atoms with E-state index in [1.54, 1.807) is 0 Å². The van der Waals surface area contributed by atoms with Crippen molar-refractivity contribution in [1.29, 1.82) is 0 Å². The Balaban J connectivity index is 1.94. The Hall–Kier alpha value is -2.69. The Morgan fingerprint density at radius 3 is 2.42 bits per heavy atom. The molecule has 5 heteroatoms. The van der Waals surface area contributed by atoms with Crippen LogP contribution in [0.1, 0.15) is 50.9 Å². The predicted octanol–water partition coefficient (Wildman–Crippen LogP) is 3.01. The zero-order chi connectivity index (χ0) is 17.4. The molecule has 24 heavy (non-hydrogen) atoms. The molecule has 0 fully saturated rings. The molecule has 1 aromatic carbocycles. The summed E-state index contributed by atoms with van der Waals surface area (Å²) in [5.41, 5.74) is 3.27. The summed E-state index contributed by atoms with van der Waals surface area (Å²) in [6.45, 7) is 5.85. The molecule has 1 atom stereocenters. The SMILES string of the molecule is Cc1cc(C)cc(NC(=O)c2cc3c([nH]c2=O)C[C@H](C)CC3=O)c1. The summed E-state index contributed by atoms with van der Waals surface area (Å²) >= 11 is 0. The van der Waals surface area contributed by atoms with E-state index in [-0.39, 0.29) is 17.3 Å². The number of benzene rings is 1. The van der Waals surface area contributed by atoms with E-state index in [2.05, 4.69) is 10.3 Å². The van der Waals surface area contributed by atoms with Gasteiger partial charge >= 0.3 is 0 Å². The van der Waals surface area contributed by atoms with E-state index < -0.39 is 11.5 Å². The maximum atomic E-state index is 12.5. The number of rotatable bonds is 2. The monoisotopic (exact) mass is 324 g/mol. The number of anilines is 1. The van der Waals surface area contributed by atoms with Gasteiger partial charge in [0.1, 0.15) is 5.56 Å². The molecule has 0 saturated heterocycles. The van der Waals surface area contributed by atoms with Crippen LogP contribution in [0, 0.1) is 19.8 Å². The number of fused-ring (bicyclic) bond motifs is 1. The average molecular weight is 324 g/mol. The molecular weight excluding hydrogens is 304 g/mol. The minimum absolute atomic E-state index is 0.0274. The number of ketones is 1. The lowest BCUT2D eigenvalue weighted by Crippen LogP contribution is -2.29. The van der Waals surface area contributed by atoms with Gasteiger partial charge in [-0.25, -0.2) is 0 Å². The zero-order valence-corrected chi connectivity index (χ0v) is 14.0. The van der Waals surface area contributed by atoms with Crippen molar-refractivity contribution in [1.82, 2.24) is 4.98 Å². The summed E-state index contributed by atoms with van der Waals surface area (Å²) in [4.78, 5) is 39.6. The molecule has 0 saturated carbocycles. The molecule has 1 heterocycles. The Morgan fingerprint density at radius 2 is 1.75 bits per heavy atom. The fourth-order valence-corrected chi connectivity index (χ4v) is 3.24. The number of pyridine rings is 1. The fourth-order valence-electron chi connectivity index (χ4n) is 3.24. The summed E-state index contributed by atoms with van der Waals surface area (Å²) in [7, 11) is 0. The Labute approximate surface area is 140 Å². The largest absolute Gasteiger partial charge is 0.325 e. The fraction of sp³-hybridized carbons (Fsp3) is 0.316. The standard InChI is InChI=1S/C19H20N2O3/c1-10-4-11(2)6-13(5-10)20-18(23)15-9-14-16(21-19(15)24)7-12(3)8-17(14)22/h4-6,9,12H,7-8H2,1-3H3,(H,20,23)(H,21,24)/t12-/m0/s1. The number of hydrogen-bond acceptors (Lipinski definition) is 3. The van der Waals surface area contributed by atoms with Crippen LogP contribution >= 0.6 is 0 Å². The number of hydrogen-bond donors (Lipinski definition) is 2. The van der Waals surface area contributed by atoms with Gasteiger partial charge in [0.25, 0.3) is 11.5 Å². The first-order valence-corrected chi connectivity index (χ1v) is 8.02. The molecule has 1 aromatic heterocycles. The van der Waals surface area contributed by atoms with E-state index in [0.29, 0.717) is 29.8 Å². The molecule has 1 amide bonds. The maximum Gasteiger partial charge on any atom is 0.261 e. The van der Waals surface area contributed by atoms with Crippen LogP contribution in [0.2, 0.25) is 0 Å². The maximum absolute atomic E-state index is 12.5. The molecular formula is C19H20N2O3. The number of nitrogens with one attached hydrogen (secondary N) is 2. The lowest BCUT2D eigenvalue weighted by molar-refractivity contribution is 0.0952. The van der Waals surface area contributed by atoms with Gasteiger partial charge in [0.2, 0.25) is 0 Å². The van der Waals surface area contributed by atoms with Gasteiger partial charge in [0.15, 0.2) is 5.78 Å². The number of aryl methyl sites for hydroxylation is 2. The van der Waals surface area contributed by atoms with Crippen LogP contribution < -0.4 is 10.9 Å². The highest BCUT2D eigenvalue weighted by Crippen LogP contribution is 2.23. The van der Waals surface area contributed by atoms with Crippen molar-refractivity contribution in [3.63, 3.8) is 0 Å². The molecule has 0 radical (unpaired) electrons. The van der Waals surface area contributed by atoms with Crippen LogP contribution in [0.15, 0.2) is 29.1 Å². The number of amides is 1. The third kappa shape index (κ3) is 3.15. The first kappa shape index (κ1) is 16.2. The Bertz CT molecular complexity index is 876. The second-order valence-corrected chi connectivity index (χ2v) is 6.67. The molecule has 124 valence electrons. The van der Waals surface area contributed by atoms with Crippen molar-refractivity contribution < 1.29 is 9.59 Å². The highest BCUT2D eigenvalue weighted by Gasteiger charge is 2.25. The second-order valence-electron chi connectivity index (χ2n) is 6.67. The summed E-state index contributed by atoms with van der Waals surface area (Å²) < 4.78 is 0. The number of carbonyl (C=O) groups excluding carboxylic acids is 2. The van der Waals surface area contributed by atoms with Crippen LogP contribution in [-0.4, -0.2) is 16.7 Å². The summed E-state index contributed by atoms with van der Waals surface area (Å²) in [5.74, 6) is -0.327. The van der Waals surface area contributed by atoms with Crippen molar-refractivity contribution in [2.45, 2.75) is 33.6 Å². The quantitative estimate of drug-likeness (QED) is 0.891. The predicted molar refractivity (Wildman–Crippen MR) is 92.7 cm³/mol. The molecule has 3 rings (SSSR count). The van der Waals surface area contributed by atoms with Crippen LogP contribution in [0.5, 0.6) is 0 Å². The number of H-pyrrole nitrogens is 1. The minimum Gasteiger partial charge on any atom is -0.325 e. The molecule has 5 nitrogen and oxygen atoms in total.